The van der Waals surface area contributed by atoms with Gasteiger partial charge in [-0.3, -0.25) is 14.3 Å². The molecular weight excluding hydrogens is 316 g/mol. The minimum atomic E-state index is -2.54. The highest BCUT2D eigenvalue weighted by atomic mass is 19.3. The van der Waals surface area contributed by atoms with Crippen molar-refractivity contribution < 1.29 is 8.78 Å². The Morgan fingerprint density at radius 1 is 1.21 bits per heavy atom. The SMILES string of the molecule is CC(C)Cn1c(=O)[nH]c2c(c1=O)CC[C@H](C1CCC(F)(F)CC1)N2. The molecule has 24 heavy (non-hydrogen) atoms. The quantitative estimate of drug-likeness (QED) is 0.888. The number of nitrogens with zero attached hydrogens (tertiary/aromatic N) is 1. The first-order chi connectivity index (χ1) is 11.3. The van der Waals surface area contributed by atoms with Gasteiger partial charge in [-0.25, -0.2) is 13.6 Å². The van der Waals surface area contributed by atoms with Gasteiger partial charge in [-0.2, -0.15) is 0 Å². The summed E-state index contributed by atoms with van der Waals surface area (Å²) < 4.78 is 27.9. The van der Waals surface area contributed by atoms with Gasteiger partial charge in [0.1, 0.15) is 5.82 Å². The van der Waals surface area contributed by atoms with Gasteiger partial charge in [0.2, 0.25) is 5.92 Å². The standard InChI is InChI=1S/C17H25F2N3O2/c1-10(2)9-22-15(23)12-3-4-13(20-14(12)21-16(22)24)11-5-7-17(18,19)8-6-11/h10-11,13,20H,3-9H2,1-2H3,(H,21,24)/t13-/m1/s1. The summed E-state index contributed by atoms with van der Waals surface area (Å²) >= 11 is 0. The molecule has 1 atom stereocenters. The summed E-state index contributed by atoms with van der Waals surface area (Å²) in [5.41, 5.74) is -0.0352. The molecule has 2 heterocycles. The van der Waals surface area contributed by atoms with Gasteiger partial charge in [0, 0.05) is 25.4 Å². The van der Waals surface area contributed by atoms with Gasteiger partial charge >= 0.3 is 5.69 Å². The van der Waals surface area contributed by atoms with Crippen molar-refractivity contribution in [2.75, 3.05) is 5.32 Å². The van der Waals surface area contributed by atoms with E-state index in [4.69, 9.17) is 0 Å². The molecule has 0 bridgehead atoms. The molecule has 3 rings (SSSR count). The lowest BCUT2D eigenvalue weighted by Crippen LogP contribution is -2.44. The smallest absolute Gasteiger partial charge is 0.329 e. The summed E-state index contributed by atoms with van der Waals surface area (Å²) in [6.07, 6.45) is 2.13. The topological polar surface area (TPSA) is 66.9 Å². The number of aromatic amines is 1. The van der Waals surface area contributed by atoms with Crippen molar-refractivity contribution in [3.05, 3.63) is 26.4 Å². The zero-order valence-electron chi connectivity index (χ0n) is 14.2. The lowest BCUT2D eigenvalue weighted by Gasteiger charge is -2.37. The fourth-order valence-corrected chi connectivity index (χ4v) is 3.87. The van der Waals surface area contributed by atoms with Gasteiger partial charge in [0.05, 0.1) is 5.56 Å². The number of hydrogen-bond acceptors (Lipinski definition) is 3. The minimum absolute atomic E-state index is 0.0459. The van der Waals surface area contributed by atoms with Crippen LogP contribution in [0, 0.1) is 11.8 Å². The maximum absolute atomic E-state index is 13.3. The van der Waals surface area contributed by atoms with Crippen molar-refractivity contribution >= 4 is 5.82 Å². The average Bonchev–Trinajstić information content (AvgIpc) is 2.50. The fourth-order valence-electron chi connectivity index (χ4n) is 3.87. The Hall–Kier alpha value is -1.66. The summed E-state index contributed by atoms with van der Waals surface area (Å²) in [4.78, 5) is 27.5. The van der Waals surface area contributed by atoms with E-state index in [9.17, 15) is 18.4 Å². The first-order valence-electron chi connectivity index (χ1n) is 8.77. The van der Waals surface area contributed by atoms with Gasteiger partial charge in [-0.05, 0) is 37.5 Å². The number of nitrogens with one attached hydrogen (secondary N) is 2. The van der Waals surface area contributed by atoms with E-state index < -0.39 is 11.6 Å². The number of aromatic nitrogens is 2. The van der Waals surface area contributed by atoms with Gasteiger partial charge in [-0.1, -0.05) is 13.8 Å². The predicted octanol–water partition coefficient (Wildman–Crippen LogP) is 2.74. The van der Waals surface area contributed by atoms with Crippen molar-refractivity contribution in [1.82, 2.24) is 9.55 Å². The van der Waals surface area contributed by atoms with Crippen LogP contribution in [0.1, 0.15) is 51.5 Å². The summed E-state index contributed by atoms with van der Waals surface area (Å²) in [5, 5.41) is 3.24. The van der Waals surface area contributed by atoms with E-state index in [2.05, 4.69) is 10.3 Å². The van der Waals surface area contributed by atoms with Crippen LogP contribution in [-0.4, -0.2) is 21.5 Å². The Morgan fingerprint density at radius 3 is 2.50 bits per heavy atom. The lowest BCUT2D eigenvalue weighted by molar-refractivity contribution is -0.0478. The van der Waals surface area contributed by atoms with Crippen LogP contribution in [0.4, 0.5) is 14.6 Å². The molecular formula is C17H25F2N3O2. The Balaban J connectivity index is 1.80. The van der Waals surface area contributed by atoms with Crippen LogP contribution < -0.4 is 16.6 Å². The molecule has 0 radical (unpaired) electrons. The Kier molecular flexibility index (Phi) is 4.53. The molecule has 0 unspecified atom stereocenters. The fraction of sp³-hybridized carbons (Fsp3) is 0.765. The number of H-pyrrole nitrogens is 1. The first-order valence-corrected chi connectivity index (χ1v) is 8.77. The third-order valence-corrected chi connectivity index (χ3v) is 5.20. The molecule has 1 aromatic heterocycles. The third-order valence-electron chi connectivity index (χ3n) is 5.20. The second-order valence-corrected chi connectivity index (χ2v) is 7.58. The summed E-state index contributed by atoms with van der Waals surface area (Å²) in [7, 11) is 0. The number of alkyl halides is 2. The van der Waals surface area contributed by atoms with E-state index in [0.29, 0.717) is 37.2 Å². The van der Waals surface area contributed by atoms with Crippen LogP contribution in [0.3, 0.4) is 0 Å². The number of hydrogen-bond donors (Lipinski definition) is 2. The maximum atomic E-state index is 13.3. The number of rotatable bonds is 3. The molecule has 0 amide bonds. The molecule has 1 saturated carbocycles. The van der Waals surface area contributed by atoms with Crippen molar-refractivity contribution in [2.24, 2.45) is 11.8 Å². The second kappa shape index (κ2) is 6.33. The van der Waals surface area contributed by atoms with E-state index in [1.165, 1.54) is 4.57 Å². The Labute approximate surface area is 139 Å². The number of anilines is 1. The summed E-state index contributed by atoms with van der Waals surface area (Å²) in [5.74, 6) is -1.69. The molecule has 2 N–H and O–H groups in total. The van der Waals surface area contributed by atoms with Crippen LogP contribution >= 0.6 is 0 Å². The van der Waals surface area contributed by atoms with Gasteiger partial charge in [0.25, 0.3) is 5.56 Å². The van der Waals surface area contributed by atoms with E-state index >= 15 is 0 Å². The highest BCUT2D eigenvalue weighted by Crippen LogP contribution is 2.39. The van der Waals surface area contributed by atoms with Crippen LogP contribution in [0.5, 0.6) is 0 Å². The number of halogens is 2. The zero-order chi connectivity index (χ0) is 17.5. The summed E-state index contributed by atoms with van der Waals surface area (Å²) in [6.45, 7) is 4.31. The molecule has 0 aromatic carbocycles. The molecule has 1 aliphatic carbocycles. The maximum Gasteiger partial charge on any atom is 0.329 e. The normalized spacial score (nSPS) is 23.8. The summed E-state index contributed by atoms with van der Waals surface area (Å²) in [6, 6.07) is 0.0459. The number of fused-ring (bicyclic) bond motifs is 1. The molecule has 134 valence electrons. The highest BCUT2D eigenvalue weighted by Gasteiger charge is 2.38. The van der Waals surface area contributed by atoms with Gasteiger partial charge in [-0.15, -0.1) is 0 Å². The predicted molar refractivity (Wildman–Crippen MR) is 88.8 cm³/mol. The lowest BCUT2D eigenvalue weighted by atomic mass is 9.79. The van der Waals surface area contributed by atoms with E-state index in [1.807, 2.05) is 13.8 Å². The van der Waals surface area contributed by atoms with E-state index in [0.717, 1.165) is 6.42 Å². The largest absolute Gasteiger partial charge is 0.368 e. The Bertz CT molecular complexity index is 714. The molecule has 1 aliphatic heterocycles. The zero-order valence-corrected chi connectivity index (χ0v) is 14.2. The second-order valence-electron chi connectivity index (χ2n) is 7.58. The van der Waals surface area contributed by atoms with Crippen LogP contribution in [0.15, 0.2) is 9.59 Å². The van der Waals surface area contributed by atoms with Crippen molar-refractivity contribution in [2.45, 2.75) is 70.9 Å². The average molecular weight is 341 g/mol. The van der Waals surface area contributed by atoms with Crippen LogP contribution in [0.25, 0.3) is 0 Å². The van der Waals surface area contributed by atoms with Crippen LogP contribution in [0.2, 0.25) is 0 Å². The molecule has 0 saturated heterocycles. The van der Waals surface area contributed by atoms with Crippen LogP contribution in [-0.2, 0) is 13.0 Å². The Morgan fingerprint density at radius 2 is 1.88 bits per heavy atom. The molecule has 2 aliphatic rings. The van der Waals surface area contributed by atoms with Crippen molar-refractivity contribution in [3.8, 4) is 0 Å². The van der Waals surface area contributed by atoms with Gasteiger partial charge in [0.15, 0.2) is 0 Å². The molecule has 0 spiro atoms. The van der Waals surface area contributed by atoms with Gasteiger partial charge < -0.3 is 5.32 Å². The third kappa shape index (κ3) is 3.39. The van der Waals surface area contributed by atoms with E-state index in [1.54, 1.807) is 0 Å². The minimum Gasteiger partial charge on any atom is -0.368 e. The molecule has 7 heteroatoms. The first kappa shape index (κ1) is 17.2. The molecule has 1 aromatic rings. The molecule has 5 nitrogen and oxygen atoms in total. The molecule has 1 fully saturated rings. The van der Waals surface area contributed by atoms with E-state index in [-0.39, 0.29) is 36.3 Å². The highest BCUT2D eigenvalue weighted by molar-refractivity contribution is 5.46. The van der Waals surface area contributed by atoms with Crippen molar-refractivity contribution in [1.29, 1.82) is 0 Å². The monoisotopic (exact) mass is 341 g/mol. The van der Waals surface area contributed by atoms with Crippen molar-refractivity contribution in [3.63, 3.8) is 0 Å².